The maximum Gasteiger partial charge on any atom is 0.107 e. The van der Waals surface area contributed by atoms with Gasteiger partial charge in [0.15, 0.2) is 0 Å². The van der Waals surface area contributed by atoms with Crippen LogP contribution in [0.4, 0.5) is 0 Å². The SMILES string of the molecule is Cc1ccc([C@@H](C)CCN2CCC(O)(Cn3ccc4ccncc43)CC2)o1. The summed E-state index contributed by atoms with van der Waals surface area (Å²) in [7, 11) is 0. The number of piperidine rings is 1. The molecule has 0 spiro atoms. The zero-order valence-corrected chi connectivity index (χ0v) is 16.3. The Morgan fingerprint density at radius 2 is 2.04 bits per heavy atom. The zero-order valence-electron chi connectivity index (χ0n) is 16.3. The summed E-state index contributed by atoms with van der Waals surface area (Å²) in [6, 6.07) is 8.23. The Hall–Kier alpha value is -2.11. The summed E-state index contributed by atoms with van der Waals surface area (Å²) in [6.07, 6.45) is 8.45. The molecule has 5 heteroatoms. The van der Waals surface area contributed by atoms with Crippen LogP contribution in [-0.4, -0.2) is 44.8 Å². The number of rotatable bonds is 6. The summed E-state index contributed by atoms with van der Waals surface area (Å²) < 4.78 is 7.88. The minimum atomic E-state index is -0.637. The highest BCUT2D eigenvalue weighted by Gasteiger charge is 2.33. The van der Waals surface area contributed by atoms with Crippen molar-refractivity contribution in [2.75, 3.05) is 19.6 Å². The second-order valence-electron chi connectivity index (χ2n) is 8.08. The molecule has 0 unspecified atom stereocenters. The average molecular weight is 367 g/mol. The Labute approximate surface area is 160 Å². The second kappa shape index (κ2) is 7.49. The van der Waals surface area contributed by atoms with Crippen molar-refractivity contribution in [3.8, 4) is 0 Å². The molecule has 0 radical (unpaired) electrons. The molecule has 5 nitrogen and oxygen atoms in total. The van der Waals surface area contributed by atoms with E-state index in [9.17, 15) is 5.11 Å². The van der Waals surface area contributed by atoms with Gasteiger partial charge in [-0.2, -0.15) is 0 Å². The molecule has 3 aromatic heterocycles. The predicted octanol–water partition coefficient (Wildman–Crippen LogP) is 3.96. The number of pyridine rings is 1. The molecule has 27 heavy (non-hydrogen) atoms. The largest absolute Gasteiger partial charge is 0.466 e. The lowest BCUT2D eigenvalue weighted by Crippen LogP contribution is -2.47. The number of furan rings is 1. The first-order chi connectivity index (χ1) is 13.0. The van der Waals surface area contributed by atoms with Gasteiger partial charge in [0.2, 0.25) is 0 Å². The maximum absolute atomic E-state index is 11.1. The third kappa shape index (κ3) is 4.09. The van der Waals surface area contributed by atoms with Gasteiger partial charge in [-0.3, -0.25) is 4.98 Å². The molecular weight excluding hydrogens is 338 g/mol. The van der Waals surface area contributed by atoms with Crippen LogP contribution in [0.15, 0.2) is 47.3 Å². The van der Waals surface area contributed by atoms with Crippen LogP contribution in [0.2, 0.25) is 0 Å². The molecule has 0 bridgehead atoms. The number of fused-ring (bicyclic) bond motifs is 1. The lowest BCUT2D eigenvalue weighted by atomic mass is 9.90. The third-order valence-corrected chi connectivity index (χ3v) is 5.95. The molecule has 3 aromatic rings. The lowest BCUT2D eigenvalue weighted by molar-refractivity contribution is -0.0336. The molecule has 0 aromatic carbocycles. The van der Waals surface area contributed by atoms with Crippen LogP contribution >= 0.6 is 0 Å². The van der Waals surface area contributed by atoms with Gasteiger partial charge in [0, 0.05) is 36.8 Å². The third-order valence-electron chi connectivity index (χ3n) is 5.95. The molecule has 144 valence electrons. The van der Waals surface area contributed by atoms with Gasteiger partial charge in [-0.1, -0.05) is 6.92 Å². The monoisotopic (exact) mass is 367 g/mol. The van der Waals surface area contributed by atoms with Gasteiger partial charge >= 0.3 is 0 Å². The number of hydrogen-bond donors (Lipinski definition) is 1. The van der Waals surface area contributed by atoms with E-state index in [-0.39, 0.29) is 0 Å². The summed E-state index contributed by atoms with van der Waals surface area (Å²) >= 11 is 0. The van der Waals surface area contributed by atoms with E-state index in [0.29, 0.717) is 12.5 Å². The standard InChI is InChI=1S/C22H29N3O2/c1-17(21-4-3-18(2)27-21)6-11-24-13-8-22(26,9-14-24)16-25-12-7-19-5-10-23-15-20(19)25/h3-5,7,10,12,15,17,26H,6,8-9,11,13-14,16H2,1-2H3/t17-/m0/s1. The lowest BCUT2D eigenvalue weighted by Gasteiger charge is -2.38. The molecule has 0 saturated carbocycles. The molecule has 1 saturated heterocycles. The van der Waals surface area contributed by atoms with Crippen LogP contribution in [0.5, 0.6) is 0 Å². The Morgan fingerprint density at radius 1 is 1.22 bits per heavy atom. The number of likely N-dealkylation sites (tertiary alicyclic amines) is 1. The first-order valence-corrected chi connectivity index (χ1v) is 9.92. The minimum Gasteiger partial charge on any atom is -0.466 e. The molecule has 1 N–H and O–H groups in total. The second-order valence-corrected chi connectivity index (χ2v) is 8.08. The van der Waals surface area contributed by atoms with Crippen LogP contribution in [0.1, 0.15) is 43.6 Å². The first kappa shape index (κ1) is 18.3. The van der Waals surface area contributed by atoms with E-state index in [1.807, 2.05) is 31.5 Å². The number of aliphatic hydroxyl groups is 1. The molecule has 4 rings (SSSR count). The molecule has 0 amide bonds. The summed E-state index contributed by atoms with van der Waals surface area (Å²) in [5, 5.41) is 12.3. The number of nitrogens with zero attached hydrogens (tertiary/aromatic N) is 3. The van der Waals surface area contributed by atoms with Crippen molar-refractivity contribution in [2.45, 2.75) is 51.2 Å². The number of hydrogen-bond acceptors (Lipinski definition) is 4. The molecule has 1 aliphatic heterocycles. The van der Waals surface area contributed by atoms with E-state index in [2.05, 4.69) is 39.7 Å². The van der Waals surface area contributed by atoms with Gasteiger partial charge in [-0.05, 0) is 57.0 Å². The fourth-order valence-corrected chi connectivity index (χ4v) is 4.07. The fourth-order valence-electron chi connectivity index (χ4n) is 4.07. The van der Waals surface area contributed by atoms with Gasteiger partial charge in [-0.25, -0.2) is 0 Å². The van der Waals surface area contributed by atoms with E-state index in [1.165, 1.54) is 5.39 Å². The van der Waals surface area contributed by atoms with Gasteiger partial charge in [-0.15, -0.1) is 0 Å². The van der Waals surface area contributed by atoms with E-state index in [0.717, 1.165) is 55.9 Å². The highest BCUT2D eigenvalue weighted by Crippen LogP contribution is 2.28. The molecule has 1 fully saturated rings. The van der Waals surface area contributed by atoms with Crippen LogP contribution in [0.3, 0.4) is 0 Å². The van der Waals surface area contributed by atoms with E-state index in [1.54, 1.807) is 0 Å². The summed E-state index contributed by atoms with van der Waals surface area (Å²) in [6.45, 7) is 7.79. The molecule has 0 aliphatic carbocycles. The highest BCUT2D eigenvalue weighted by atomic mass is 16.3. The van der Waals surface area contributed by atoms with Gasteiger partial charge in [0.05, 0.1) is 23.9 Å². The number of aryl methyl sites for hydroxylation is 1. The predicted molar refractivity (Wildman–Crippen MR) is 107 cm³/mol. The normalized spacial score (nSPS) is 18.8. The molecular formula is C22H29N3O2. The molecule has 1 atom stereocenters. The molecule has 1 aliphatic rings. The topological polar surface area (TPSA) is 54.4 Å². The average Bonchev–Trinajstić information content (AvgIpc) is 3.28. The first-order valence-electron chi connectivity index (χ1n) is 9.92. The van der Waals surface area contributed by atoms with E-state index >= 15 is 0 Å². The van der Waals surface area contributed by atoms with Gasteiger partial charge in [0.25, 0.3) is 0 Å². The van der Waals surface area contributed by atoms with Gasteiger partial charge < -0.3 is 19.0 Å². The van der Waals surface area contributed by atoms with E-state index in [4.69, 9.17) is 4.42 Å². The Bertz CT molecular complexity index is 890. The number of aromatic nitrogens is 2. The van der Waals surface area contributed by atoms with Crippen LogP contribution < -0.4 is 0 Å². The fraction of sp³-hybridized carbons (Fsp3) is 0.500. The van der Waals surface area contributed by atoms with Crippen LogP contribution in [-0.2, 0) is 6.54 Å². The minimum absolute atomic E-state index is 0.429. The van der Waals surface area contributed by atoms with E-state index < -0.39 is 5.60 Å². The van der Waals surface area contributed by atoms with Crippen molar-refractivity contribution in [2.24, 2.45) is 0 Å². The van der Waals surface area contributed by atoms with Crippen molar-refractivity contribution >= 4 is 10.9 Å². The Morgan fingerprint density at radius 3 is 2.78 bits per heavy atom. The Kier molecular flexibility index (Phi) is 5.06. The molecule has 4 heterocycles. The van der Waals surface area contributed by atoms with Crippen molar-refractivity contribution in [1.82, 2.24) is 14.5 Å². The van der Waals surface area contributed by atoms with Crippen molar-refractivity contribution < 1.29 is 9.52 Å². The zero-order chi connectivity index (χ0) is 18.9. The van der Waals surface area contributed by atoms with Crippen LogP contribution in [0, 0.1) is 6.92 Å². The van der Waals surface area contributed by atoms with Crippen LogP contribution in [0.25, 0.3) is 10.9 Å². The summed E-state index contributed by atoms with van der Waals surface area (Å²) in [5.41, 5.74) is 0.457. The Balaban J connectivity index is 1.30. The highest BCUT2D eigenvalue weighted by molar-refractivity contribution is 5.78. The summed E-state index contributed by atoms with van der Waals surface area (Å²) in [5.74, 6) is 2.49. The quantitative estimate of drug-likeness (QED) is 0.716. The van der Waals surface area contributed by atoms with Gasteiger partial charge in [0.1, 0.15) is 11.5 Å². The van der Waals surface area contributed by atoms with Crippen molar-refractivity contribution in [3.63, 3.8) is 0 Å². The maximum atomic E-state index is 11.1. The van der Waals surface area contributed by atoms with Crippen molar-refractivity contribution in [3.05, 3.63) is 54.4 Å². The summed E-state index contributed by atoms with van der Waals surface area (Å²) in [4.78, 5) is 6.69. The smallest absolute Gasteiger partial charge is 0.107 e. The van der Waals surface area contributed by atoms with Crippen molar-refractivity contribution in [1.29, 1.82) is 0 Å².